The van der Waals surface area contributed by atoms with Crippen molar-refractivity contribution in [3.63, 3.8) is 0 Å². The second-order valence-electron chi connectivity index (χ2n) is 4.25. The first-order valence-electron chi connectivity index (χ1n) is 5.26. The van der Waals surface area contributed by atoms with Crippen LogP contribution in [0.4, 0.5) is 0 Å². The number of rotatable bonds is 5. The van der Waals surface area contributed by atoms with Crippen LogP contribution >= 0.6 is 0 Å². The van der Waals surface area contributed by atoms with E-state index >= 15 is 0 Å². The Hall–Kier alpha value is -1.08. The molecule has 0 fully saturated rings. The Morgan fingerprint density at radius 3 is 2.33 bits per heavy atom. The largest absolute Gasteiger partial charge is 0.389 e. The van der Waals surface area contributed by atoms with Crippen molar-refractivity contribution in [3.05, 3.63) is 0 Å². The van der Waals surface area contributed by atoms with Crippen molar-refractivity contribution in [1.82, 2.24) is 4.90 Å². The van der Waals surface area contributed by atoms with Gasteiger partial charge >= 0.3 is 0 Å². The number of carbonyl (C=O) groups excluding carboxylic acids is 1. The van der Waals surface area contributed by atoms with E-state index in [0.717, 1.165) is 0 Å². The van der Waals surface area contributed by atoms with Crippen molar-refractivity contribution >= 4 is 5.91 Å². The van der Waals surface area contributed by atoms with Gasteiger partial charge in [0.05, 0.1) is 11.7 Å². The van der Waals surface area contributed by atoms with Crippen LogP contribution in [0.5, 0.6) is 0 Å². The molecule has 0 heterocycles. The predicted octanol–water partition coefficient (Wildman–Crippen LogP) is 1.16. The van der Waals surface area contributed by atoms with Gasteiger partial charge in [-0.15, -0.1) is 0 Å². The van der Waals surface area contributed by atoms with E-state index in [1.807, 2.05) is 19.9 Å². The van der Waals surface area contributed by atoms with E-state index in [2.05, 4.69) is 0 Å². The Morgan fingerprint density at radius 2 is 2.07 bits per heavy atom. The van der Waals surface area contributed by atoms with E-state index in [1.165, 1.54) is 4.90 Å². The number of hydrogen-bond donors (Lipinski definition) is 1. The molecule has 0 saturated carbocycles. The van der Waals surface area contributed by atoms with Crippen LogP contribution in [-0.4, -0.2) is 34.6 Å². The minimum Gasteiger partial charge on any atom is -0.389 e. The normalized spacial score (nSPS) is 13.1. The minimum absolute atomic E-state index is 0.190. The number of hydrogen-bond acceptors (Lipinski definition) is 3. The highest BCUT2D eigenvalue weighted by molar-refractivity contribution is 5.81. The van der Waals surface area contributed by atoms with Crippen LogP contribution in [-0.2, 0) is 4.79 Å². The second kappa shape index (κ2) is 5.72. The van der Waals surface area contributed by atoms with Crippen LogP contribution in [0.1, 0.15) is 34.1 Å². The van der Waals surface area contributed by atoms with Crippen molar-refractivity contribution in [1.29, 1.82) is 5.26 Å². The highest BCUT2D eigenvalue weighted by Crippen LogP contribution is 2.11. The molecule has 0 aromatic heterocycles. The lowest BCUT2D eigenvalue weighted by Crippen LogP contribution is -2.44. The maximum Gasteiger partial charge on any atom is 0.240 e. The standard InChI is InChI=1S/C11H20N2O2/c1-5-9(7-12)10(14)13(6-2)8-11(3,4)15/h9,15H,5-6,8H2,1-4H3. The highest BCUT2D eigenvalue weighted by Gasteiger charge is 2.26. The summed E-state index contributed by atoms with van der Waals surface area (Å²) in [6.07, 6.45) is 0.512. The van der Waals surface area contributed by atoms with Crippen LogP contribution in [0, 0.1) is 17.2 Å². The molecule has 0 aromatic carbocycles. The predicted molar refractivity (Wildman–Crippen MR) is 57.9 cm³/mol. The highest BCUT2D eigenvalue weighted by atomic mass is 16.3. The summed E-state index contributed by atoms with van der Waals surface area (Å²) in [5.74, 6) is -0.781. The Morgan fingerprint density at radius 1 is 1.53 bits per heavy atom. The maximum absolute atomic E-state index is 11.8. The van der Waals surface area contributed by atoms with E-state index in [1.54, 1.807) is 13.8 Å². The molecule has 0 spiro atoms. The quantitative estimate of drug-likeness (QED) is 0.743. The summed E-state index contributed by atoms with van der Waals surface area (Å²) in [6, 6.07) is 1.98. The van der Waals surface area contributed by atoms with Gasteiger partial charge in [0, 0.05) is 13.1 Å². The molecule has 1 unspecified atom stereocenters. The third-order valence-electron chi connectivity index (χ3n) is 2.13. The van der Waals surface area contributed by atoms with Crippen LogP contribution in [0.15, 0.2) is 0 Å². The molecular formula is C11H20N2O2. The van der Waals surface area contributed by atoms with Crippen molar-refractivity contribution < 1.29 is 9.90 Å². The van der Waals surface area contributed by atoms with Gasteiger partial charge < -0.3 is 10.0 Å². The van der Waals surface area contributed by atoms with Crippen LogP contribution in [0.25, 0.3) is 0 Å². The van der Waals surface area contributed by atoms with Gasteiger partial charge in [-0.25, -0.2) is 0 Å². The summed E-state index contributed by atoms with van der Waals surface area (Å²) in [4.78, 5) is 13.3. The third-order valence-corrected chi connectivity index (χ3v) is 2.13. The van der Waals surface area contributed by atoms with E-state index in [9.17, 15) is 9.90 Å². The lowest BCUT2D eigenvalue weighted by molar-refractivity contribution is -0.136. The van der Waals surface area contributed by atoms with Crippen LogP contribution in [0.2, 0.25) is 0 Å². The van der Waals surface area contributed by atoms with Gasteiger partial charge in [0.15, 0.2) is 0 Å². The Labute approximate surface area is 91.5 Å². The Balaban J connectivity index is 4.55. The molecular weight excluding hydrogens is 192 g/mol. The number of likely N-dealkylation sites (N-methyl/N-ethyl adjacent to an activating group) is 1. The average molecular weight is 212 g/mol. The number of aliphatic hydroxyl groups is 1. The summed E-state index contributed by atoms with van der Waals surface area (Å²) >= 11 is 0. The molecule has 0 rings (SSSR count). The second-order valence-corrected chi connectivity index (χ2v) is 4.25. The molecule has 1 N–H and O–H groups in total. The first-order chi connectivity index (χ1) is 6.85. The first-order valence-corrected chi connectivity index (χ1v) is 5.26. The maximum atomic E-state index is 11.8. The van der Waals surface area contributed by atoms with Crippen molar-refractivity contribution in [3.8, 4) is 6.07 Å². The molecule has 0 saturated heterocycles. The van der Waals surface area contributed by atoms with Gasteiger partial charge in [0.25, 0.3) is 0 Å². The van der Waals surface area contributed by atoms with Gasteiger partial charge in [0.2, 0.25) is 5.91 Å². The molecule has 0 aliphatic heterocycles. The Bertz CT molecular complexity index is 250. The zero-order valence-corrected chi connectivity index (χ0v) is 9.95. The topological polar surface area (TPSA) is 64.3 Å². The molecule has 4 nitrogen and oxygen atoms in total. The van der Waals surface area contributed by atoms with E-state index in [4.69, 9.17) is 5.26 Å². The number of nitrogens with zero attached hydrogens (tertiary/aromatic N) is 2. The monoisotopic (exact) mass is 212 g/mol. The first kappa shape index (κ1) is 13.9. The lowest BCUT2D eigenvalue weighted by atomic mass is 10.0. The van der Waals surface area contributed by atoms with Crippen LogP contribution in [0.3, 0.4) is 0 Å². The summed E-state index contributed by atoms with van der Waals surface area (Å²) in [5.41, 5.74) is -0.917. The van der Waals surface area contributed by atoms with Gasteiger partial charge in [-0.2, -0.15) is 5.26 Å². The SMILES string of the molecule is CCC(C#N)C(=O)N(CC)CC(C)(C)O. The fourth-order valence-electron chi connectivity index (χ4n) is 1.35. The van der Waals surface area contributed by atoms with Gasteiger partial charge in [-0.05, 0) is 27.2 Å². The summed E-state index contributed by atoms with van der Waals surface area (Å²) < 4.78 is 0. The number of nitriles is 1. The Kier molecular flexibility index (Phi) is 5.31. The third kappa shape index (κ3) is 4.80. The number of amides is 1. The van der Waals surface area contributed by atoms with Gasteiger partial charge in [-0.3, -0.25) is 4.79 Å². The summed E-state index contributed by atoms with van der Waals surface area (Å²) in [5, 5.41) is 18.4. The van der Waals surface area contributed by atoms with E-state index in [0.29, 0.717) is 13.0 Å². The van der Waals surface area contributed by atoms with Crippen molar-refractivity contribution in [2.24, 2.45) is 5.92 Å². The minimum atomic E-state index is -0.917. The smallest absolute Gasteiger partial charge is 0.240 e. The van der Waals surface area contributed by atoms with Crippen molar-refractivity contribution in [2.75, 3.05) is 13.1 Å². The average Bonchev–Trinajstić information content (AvgIpc) is 2.14. The number of carbonyl (C=O) groups is 1. The molecule has 4 heteroatoms. The molecule has 1 amide bonds. The van der Waals surface area contributed by atoms with E-state index in [-0.39, 0.29) is 12.5 Å². The fourth-order valence-corrected chi connectivity index (χ4v) is 1.35. The van der Waals surface area contributed by atoms with Gasteiger partial charge in [0.1, 0.15) is 5.92 Å². The molecule has 0 aliphatic rings. The van der Waals surface area contributed by atoms with Gasteiger partial charge in [-0.1, -0.05) is 6.92 Å². The molecule has 0 radical (unpaired) electrons. The molecule has 86 valence electrons. The molecule has 1 atom stereocenters. The molecule has 0 bridgehead atoms. The van der Waals surface area contributed by atoms with E-state index < -0.39 is 11.5 Å². The zero-order valence-electron chi connectivity index (χ0n) is 9.95. The zero-order chi connectivity index (χ0) is 12.1. The van der Waals surface area contributed by atoms with Crippen molar-refractivity contribution in [2.45, 2.75) is 39.7 Å². The summed E-state index contributed by atoms with van der Waals surface area (Å²) in [7, 11) is 0. The fraction of sp³-hybridized carbons (Fsp3) is 0.818. The lowest BCUT2D eigenvalue weighted by Gasteiger charge is -2.29. The molecule has 0 aromatic rings. The molecule has 15 heavy (non-hydrogen) atoms. The molecule has 0 aliphatic carbocycles. The summed E-state index contributed by atoms with van der Waals surface area (Å²) in [6.45, 7) is 7.73. The van der Waals surface area contributed by atoms with Crippen LogP contribution < -0.4 is 0 Å².